The fourth-order valence-corrected chi connectivity index (χ4v) is 3.90. The van der Waals surface area contributed by atoms with Crippen LogP contribution in [0.15, 0.2) is 59.8 Å². The monoisotopic (exact) mass is 378 g/mol. The highest BCUT2D eigenvalue weighted by atomic mass is 32.2. The molecule has 6 heteroatoms. The zero-order valence-electron chi connectivity index (χ0n) is 15.2. The highest BCUT2D eigenvalue weighted by molar-refractivity contribution is 8.00. The molecule has 1 saturated carbocycles. The summed E-state index contributed by atoms with van der Waals surface area (Å²) in [5, 5.41) is 7.65. The van der Waals surface area contributed by atoms with Crippen molar-refractivity contribution >= 4 is 34.4 Å². The van der Waals surface area contributed by atoms with Gasteiger partial charge in [0.1, 0.15) is 11.1 Å². The minimum absolute atomic E-state index is 0.0236. The van der Waals surface area contributed by atoms with Crippen molar-refractivity contribution in [3.05, 3.63) is 60.2 Å². The topological polar surface area (TPSA) is 66.9 Å². The first-order chi connectivity index (χ1) is 13.2. The van der Waals surface area contributed by atoms with E-state index in [0.717, 1.165) is 41.7 Å². The van der Waals surface area contributed by atoms with Gasteiger partial charge in [-0.1, -0.05) is 54.2 Å². The van der Waals surface area contributed by atoms with Gasteiger partial charge in [-0.25, -0.2) is 9.97 Å². The standard InChI is InChI=1S/C21H22N4OS/c1-2-22-19-16-10-6-7-11-17(16)24-21(25-19)27-18(14-8-4-3-5-9-14)20(26)23-15-12-13-15/h3-11,15,18H,2,12-13H2,1H3,(H,23,26)(H,22,24,25). The molecule has 4 rings (SSSR count). The number of carbonyl (C=O) groups excluding carboxylic acids is 1. The first-order valence-corrected chi connectivity index (χ1v) is 10.1. The Hall–Kier alpha value is -2.60. The Balaban J connectivity index is 1.68. The van der Waals surface area contributed by atoms with Gasteiger partial charge in [-0.2, -0.15) is 0 Å². The second-order valence-electron chi connectivity index (χ2n) is 6.59. The molecule has 1 heterocycles. The molecule has 1 aliphatic carbocycles. The molecule has 0 saturated heterocycles. The molecule has 1 unspecified atom stereocenters. The summed E-state index contributed by atoms with van der Waals surface area (Å²) in [4.78, 5) is 22.3. The number of benzene rings is 2. The molecule has 1 fully saturated rings. The number of para-hydroxylation sites is 1. The van der Waals surface area contributed by atoms with Crippen LogP contribution in [0.1, 0.15) is 30.6 Å². The van der Waals surface area contributed by atoms with E-state index in [1.165, 1.54) is 11.8 Å². The summed E-state index contributed by atoms with van der Waals surface area (Å²) in [7, 11) is 0. The van der Waals surface area contributed by atoms with Gasteiger partial charge >= 0.3 is 0 Å². The fraction of sp³-hybridized carbons (Fsp3) is 0.286. The lowest BCUT2D eigenvalue weighted by atomic mass is 10.1. The summed E-state index contributed by atoms with van der Waals surface area (Å²) < 4.78 is 0. The van der Waals surface area contributed by atoms with E-state index in [9.17, 15) is 4.79 Å². The van der Waals surface area contributed by atoms with E-state index in [1.807, 2.05) is 61.5 Å². The van der Waals surface area contributed by atoms with Crippen LogP contribution in [-0.4, -0.2) is 28.5 Å². The third-order valence-electron chi connectivity index (χ3n) is 4.41. The third-order valence-corrected chi connectivity index (χ3v) is 5.53. The van der Waals surface area contributed by atoms with E-state index in [0.29, 0.717) is 11.2 Å². The SMILES string of the molecule is CCNc1nc(SC(C(=O)NC2CC2)c2ccccc2)nc2ccccc12. The van der Waals surface area contributed by atoms with E-state index in [2.05, 4.69) is 10.6 Å². The Kier molecular flexibility index (Phi) is 5.25. The van der Waals surface area contributed by atoms with Crippen LogP contribution in [0.25, 0.3) is 10.9 Å². The van der Waals surface area contributed by atoms with Crippen LogP contribution in [0.4, 0.5) is 5.82 Å². The van der Waals surface area contributed by atoms with E-state index in [1.54, 1.807) is 0 Å². The predicted molar refractivity (Wildman–Crippen MR) is 110 cm³/mol. The maximum atomic E-state index is 12.9. The number of amides is 1. The molecular formula is C21H22N4OS. The van der Waals surface area contributed by atoms with Crippen LogP contribution in [0.5, 0.6) is 0 Å². The lowest BCUT2D eigenvalue weighted by Crippen LogP contribution is -2.29. The zero-order valence-corrected chi connectivity index (χ0v) is 16.0. The van der Waals surface area contributed by atoms with Crippen molar-refractivity contribution in [2.24, 2.45) is 0 Å². The van der Waals surface area contributed by atoms with Gasteiger partial charge in [0, 0.05) is 18.0 Å². The van der Waals surface area contributed by atoms with Crippen molar-refractivity contribution in [1.29, 1.82) is 0 Å². The van der Waals surface area contributed by atoms with Crippen molar-refractivity contribution < 1.29 is 4.79 Å². The number of aromatic nitrogens is 2. The zero-order chi connectivity index (χ0) is 18.6. The Morgan fingerprint density at radius 1 is 1.11 bits per heavy atom. The maximum absolute atomic E-state index is 12.9. The molecule has 1 atom stereocenters. The van der Waals surface area contributed by atoms with Crippen LogP contribution < -0.4 is 10.6 Å². The highest BCUT2D eigenvalue weighted by Gasteiger charge is 2.29. The summed E-state index contributed by atoms with van der Waals surface area (Å²) >= 11 is 1.40. The molecule has 1 aliphatic rings. The number of thioether (sulfide) groups is 1. The first-order valence-electron chi connectivity index (χ1n) is 9.27. The van der Waals surface area contributed by atoms with Gasteiger partial charge in [0.25, 0.3) is 0 Å². The van der Waals surface area contributed by atoms with E-state index in [-0.39, 0.29) is 11.2 Å². The smallest absolute Gasteiger partial charge is 0.238 e. The predicted octanol–water partition coefficient (Wildman–Crippen LogP) is 4.17. The molecule has 1 aromatic heterocycles. The molecule has 27 heavy (non-hydrogen) atoms. The number of hydrogen-bond acceptors (Lipinski definition) is 5. The minimum Gasteiger partial charge on any atom is -0.370 e. The number of rotatable bonds is 7. The lowest BCUT2D eigenvalue weighted by molar-refractivity contribution is -0.120. The highest BCUT2D eigenvalue weighted by Crippen LogP contribution is 2.36. The van der Waals surface area contributed by atoms with Gasteiger partial charge in [-0.05, 0) is 37.5 Å². The van der Waals surface area contributed by atoms with Crippen molar-refractivity contribution in [1.82, 2.24) is 15.3 Å². The van der Waals surface area contributed by atoms with E-state index >= 15 is 0 Å². The number of carbonyl (C=O) groups is 1. The van der Waals surface area contributed by atoms with Crippen LogP contribution in [0, 0.1) is 0 Å². The summed E-state index contributed by atoms with van der Waals surface area (Å²) in [6.45, 7) is 2.81. The fourth-order valence-electron chi connectivity index (χ4n) is 2.92. The van der Waals surface area contributed by atoms with Gasteiger partial charge in [-0.15, -0.1) is 0 Å². The minimum atomic E-state index is -0.373. The normalized spacial score (nSPS) is 14.7. The molecule has 0 bridgehead atoms. The summed E-state index contributed by atoms with van der Waals surface area (Å²) in [6.07, 6.45) is 2.13. The molecule has 1 amide bonds. The summed E-state index contributed by atoms with van der Waals surface area (Å²) in [5.41, 5.74) is 1.84. The van der Waals surface area contributed by atoms with Crippen LogP contribution >= 0.6 is 11.8 Å². The van der Waals surface area contributed by atoms with Gasteiger partial charge in [0.15, 0.2) is 5.16 Å². The quantitative estimate of drug-likeness (QED) is 0.477. The number of nitrogens with one attached hydrogen (secondary N) is 2. The lowest BCUT2D eigenvalue weighted by Gasteiger charge is -2.17. The molecule has 0 aliphatic heterocycles. The van der Waals surface area contributed by atoms with Gasteiger partial charge in [0.2, 0.25) is 5.91 Å². The molecular weight excluding hydrogens is 356 g/mol. The van der Waals surface area contributed by atoms with Crippen molar-refractivity contribution in [3.63, 3.8) is 0 Å². The van der Waals surface area contributed by atoms with Crippen molar-refractivity contribution in [2.45, 2.75) is 36.2 Å². The second-order valence-corrected chi connectivity index (χ2v) is 7.67. The molecule has 2 N–H and O–H groups in total. The molecule has 138 valence electrons. The summed E-state index contributed by atoms with van der Waals surface area (Å²) in [6, 6.07) is 18.1. The Labute approximate surface area is 163 Å². The molecule has 0 radical (unpaired) electrons. The first kappa shape index (κ1) is 17.8. The number of anilines is 1. The number of fused-ring (bicyclic) bond motifs is 1. The van der Waals surface area contributed by atoms with E-state index in [4.69, 9.17) is 9.97 Å². The molecule has 3 aromatic rings. The number of nitrogens with zero attached hydrogens (tertiary/aromatic N) is 2. The Bertz CT molecular complexity index is 943. The van der Waals surface area contributed by atoms with Gasteiger partial charge in [0.05, 0.1) is 5.52 Å². The van der Waals surface area contributed by atoms with Crippen molar-refractivity contribution in [3.8, 4) is 0 Å². The van der Waals surface area contributed by atoms with Crippen LogP contribution in [-0.2, 0) is 4.79 Å². The van der Waals surface area contributed by atoms with Crippen LogP contribution in [0.3, 0.4) is 0 Å². The average molecular weight is 379 g/mol. The number of hydrogen-bond donors (Lipinski definition) is 2. The summed E-state index contributed by atoms with van der Waals surface area (Å²) in [5.74, 6) is 0.829. The van der Waals surface area contributed by atoms with E-state index < -0.39 is 0 Å². The Morgan fingerprint density at radius 2 is 1.85 bits per heavy atom. The van der Waals surface area contributed by atoms with Gasteiger partial charge < -0.3 is 10.6 Å². The third kappa shape index (κ3) is 4.22. The molecule has 5 nitrogen and oxygen atoms in total. The van der Waals surface area contributed by atoms with Crippen molar-refractivity contribution in [2.75, 3.05) is 11.9 Å². The second kappa shape index (κ2) is 7.96. The average Bonchev–Trinajstić information content (AvgIpc) is 3.51. The largest absolute Gasteiger partial charge is 0.370 e. The Morgan fingerprint density at radius 3 is 2.59 bits per heavy atom. The maximum Gasteiger partial charge on any atom is 0.238 e. The molecule has 2 aromatic carbocycles. The molecule has 0 spiro atoms. The van der Waals surface area contributed by atoms with Crippen LogP contribution in [0.2, 0.25) is 0 Å². The van der Waals surface area contributed by atoms with Gasteiger partial charge in [-0.3, -0.25) is 4.79 Å².